The minimum absolute atomic E-state index is 0.292. The highest BCUT2D eigenvalue weighted by atomic mass is 35.5. The number of carbonyl (C=O) groups is 1. The van der Waals surface area contributed by atoms with Gasteiger partial charge in [-0.05, 0) is 43.2 Å². The van der Waals surface area contributed by atoms with Crippen LogP contribution in [0.2, 0.25) is 5.02 Å². The van der Waals surface area contributed by atoms with Crippen molar-refractivity contribution in [2.75, 3.05) is 11.4 Å². The SMILES string of the molecule is Cc1cnc(-c2cc(N3CCn4cc(C(=O)Oc5ccccc5)nc4C3)ncc2Cl)c(C)c1. The van der Waals surface area contributed by atoms with Gasteiger partial charge < -0.3 is 14.2 Å². The first-order valence-electron chi connectivity index (χ1n) is 10.7. The van der Waals surface area contributed by atoms with Gasteiger partial charge in [0.25, 0.3) is 0 Å². The number of para-hydroxylation sites is 1. The molecule has 0 saturated carbocycles. The number of halogens is 1. The zero-order valence-electron chi connectivity index (χ0n) is 18.3. The minimum atomic E-state index is -0.470. The summed E-state index contributed by atoms with van der Waals surface area (Å²) >= 11 is 6.48. The fraction of sp³-hybridized carbons (Fsp3) is 0.200. The van der Waals surface area contributed by atoms with E-state index in [9.17, 15) is 4.79 Å². The molecular formula is C25H22ClN5O2. The molecule has 0 amide bonds. The van der Waals surface area contributed by atoms with E-state index in [2.05, 4.69) is 25.9 Å². The van der Waals surface area contributed by atoms with E-state index < -0.39 is 5.97 Å². The first kappa shape index (κ1) is 21.2. The fourth-order valence-electron chi connectivity index (χ4n) is 3.97. The molecule has 0 spiro atoms. The predicted octanol–water partition coefficient (Wildman–Crippen LogP) is 4.85. The van der Waals surface area contributed by atoms with Gasteiger partial charge in [-0.3, -0.25) is 4.98 Å². The Kier molecular flexibility index (Phi) is 5.56. The second-order valence-corrected chi connectivity index (χ2v) is 8.47. The zero-order chi connectivity index (χ0) is 22.9. The summed E-state index contributed by atoms with van der Waals surface area (Å²) in [6, 6.07) is 13.0. The number of ether oxygens (including phenoxy) is 1. The largest absolute Gasteiger partial charge is 0.422 e. The minimum Gasteiger partial charge on any atom is -0.422 e. The van der Waals surface area contributed by atoms with E-state index in [1.807, 2.05) is 48.9 Å². The highest BCUT2D eigenvalue weighted by Crippen LogP contribution is 2.32. The van der Waals surface area contributed by atoms with E-state index in [0.29, 0.717) is 29.6 Å². The quantitative estimate of drug-likeness (QED) is 0.321. The number of aryl methyl sites for hydroxylation is 2. The predicted molar refractivity (Wildman–Crippen MR) is 127 cm³/mol. The maximum atomic E-state index is 12.5. The summed E-state index contributed by atoms with van der Waals surface area (Å²) in [7, 11) is 0. The van der Waals surface area contributed by atoms with Gasteiger partial charge in [-0.15, -0.1) is 0 Å². The summed E-state index contributed by atoms with van der Waals surface area (Å²) in [5.74, 6) is 1.60. The lowest BCUT2D eigenvalue weighted by Gasteiger charge is -2.29. The second kappa shape index (κ2) is 8.67. The molecule has 7 nitrogen and oxygen atoms in total. The molecule has 1 aliphatic heterocycles. The Morgan fingerprint density at radius 2 is 1.88 bits per heavy atom. The number of imidazole rings is 1. The van der Waals surface area contributed by atoms with Gasteiger partial charge in [-0.1, -0.05) is 35.9 Å². The van der Waals surface area contributed by atoms with E-state index in [1.54, 1.807) is 24.5 Å². The zero-order valence-corrected chi connectivity index (χ0v) is 19.1. The summed E-state index contributed by atoms with van der Waals surface area (Å²) in [5.41, 5.74) is 4.15. The van der Waals surface area contributed by atoms with Crippen molar-refractivity contribution in [1.82, 2.24) is 19.5 Å². The van der Waals surface area contributed by atoms with E-state index in [-0.39, 0.29) is 0 Å². The molecule has 166 valence electrons. The summed E-state index contributed by atoms with van der Waals surface area (Å²) in [6.45, 7) is 5.98. The molecule has 8 heteroatoms. The van der Waals surface area contributed by atoms with Crippen LogP contribution in [0.4, 0.5) is 5.82 Å². The fourth-order valence-corrected chi connectivity index (χ4v) is 4.17. The van der Waals surface area contributed by atoms with Crippen molar-refractivity contribution in [3.63, 3.8) is 0 Å². The Hall–Kier alpha value is -3.71. The van der Waals surface area contributed by atoms with Crippen molar-refractivity contribution >= 4 is 23.4 Å². The molecule has 0 aliphatic carbocycles. The highest BCUT2D eigenvalue weighted by molar-refractivity contribution is 6.33. The first-order chi connectivity index (χ1) is 16.0. The molecule has 0 fully saturated rings. The molecule has 0 saturated heterocycles. The van der Waals surface area contributed by atoms with Crippen LogP contribution in [-0.2, 0) is 13.1 Å². The molecule has 5 rings (SSSR count). The van der Waals surface area contributed by atoms with E-state index in [1.165, 1.54) is 0 Å². The molecule has 33 heavy (non-hydrogen) atoms. The highest BCUT2D eigenvalue weighted by Gasteiger charge is 2.24. The number of aromatic nitrogens is 4. The molecule has 0 unspecified atom stereocenters. The van der Waals surface area contributed by atoms with Crippen LogP contribution in [0.3, 0.4) is 0 Å². The van der Waals surface area contributed by atoms with Crippen LogP contribution in [0.15, 0.2) is 61.1 Å². The molecule has 1 aliphatic rings. The van der Waals surface area contributed by atoms with Gasteiger partial charge in [0.2, 0.25) is 0 Å². The number of hydrogen-bond acceptors (Lipinski definition) is 6. The molecule has 0 radical (unpaired) electrons. The molecule has 1 aromatic carbocycles. The van der Waals surface area contributed by atoms with Crippen LogP contribution in [-0.4, -0.2) is 32.0 Å². The Labute approximate surface area is 196 Å². The number of carbonyl (C=O) groups excluding carboxylic acids is 1. The van der Waals surface area contributed by atoms with Crippen molar-refractivity contribution in [3.8, 4) is 17.0 Å². The number of benzene rings is 1. The smallest absolute Gasteiger partial charge is 0.363 e. The lowest BCUT2D eigenvalue weighted by Crippen LogP contribution is -2.34. The van der Waals surface area contributed by atoms with Crippen LogP contribution >= 0.6 is 11.6 Å². The van der Waals surface area contributed by atoms with Crippen molar-refractivity contribution in [1.29, 1.82) is 0 Å². The summed E-state index contributed by atoms with van der Waals surface area (Å²) in [5, 5.41) is 0.558. The average Bonchev–Trinajstić information content (AvgIpc) is 3.24. The van der Waals surface area contributed by atoms with Gasteiger partial charge in [0.05, 0.1) is 17.3 Å². The second-order valence-electron chi connectivity index (χ2n) is 8.06. The molecule has 4 aromatic rings. The van der Waals surface area contributed by atoms with Crippen molar-refractivity contribution in [3.05, 3.63) is 88.7 Å². The van der Waals surface area contributed by atoms with Gasteiger partial charge in [0.15, 0.2) is 5.69 Å². The Morgan fingerprint density at radius 3 is 2.67 bits per heavy atom. The lowest BCUT2D eigenvalue weighted by molar-refractivity contribution is 0.0729. The number of nitrogens with zero attached hydrogens (tertiary/aromatic N) is 5. The summed E-state index contributed by atoms with van der Waals surface area (Å²) < 4.78 is 7.41. The Morgan fingerprint density at radius 1 is 1.06 bits per heavy atom. The van der Waals surface area contributed by atoms with Gasteiger partial charge in [-0.2, -0.15) is 0 Å². The lowest BCUT2D eigenvalue weighted by atomic mass is 10.1. The van der Waals surface area contributed by atoms with Crippen molar-refractivity contribution in [2.24, 2.45) is 0 Å². The molecule has 0 atom stereocenters. The Bertz CT molecular complexity index is 1340. The van der Waals surface area contributed by atoms with Crippen LogP contribution in [0.1, 0.15) is 27.4 Å². The topological polar surface area (TPSA) is 73.1 Å². The third-order valence-corrected chi connectivity index (χ3v) is 5.90. The summed E-state index contributed by atoms with van der Waals surface area (Å²) in [4.78, 5) is 28.3. The normalized spacial score (nSPS) is 13.0. The average molecular weight is 460 g/mol. The van der Waals surface area contributed by atoms with Crippen molar-refractivity contribution in [2.45, 2.75) is 26.9 Å². The van der Waals surface area contributed by atoms with Crippen molar-refractivity contribution < 1.29 is 9.53 Å². The first-order valence-corrected chi connectivity index (χ1v) is 11.0. The number of pyridine rings is 2. The third-order valence-electron chi connectivity index (χ3n) is 5.60. The summed E-state index contributed by atoms with van der Waals surface area (Å²) in [6.07, 6.45) is 5.25. The Balaban J connectivity index is 1.38. The monoisotopic (exact) mass is 459 g/mol. The molecule has 3 aromatic heterocycles. The molecule has 4 heterocycles. The number of esters is 1. The van der Waals surface area contributed by atoms with Crippen LogP contribution in [0.5, 0.6) is 5.75 Å². The third kappa shape index (κ3) is 4.32. The van der Waals surface area contributed by atoms with Gasteiger partial charge >= 0.3 is 5.97 Å². The molecule has 0 bridgehead atoms. The number of anilines is 1. The number of rotatable bonds is 4. The van der Waals surface area contributed by atoms with E-state index in [0.717, 1.165) is 40.6 Å². The van der Waals surface area contributed by atoms with Crippen LogP contribution in [0, 0.1) is 13.8 Å². The maximum absolute atomic E-state index is 12.5. The molecular weight excluding hydrogens is 438 g/mol. The number of hydrogen-bond donors (Lipinski definition) is 0. The standard InChI is InChI=1S/C25H22ClN5O2/c1-16-10-17(2)24(28-12-16)19-11-22(27-13-20(19)26)31-9-8-30-14-21(29-23(30)15-31)25(32)33-18-6-4-3-5-7-18/h3-7,10-14H,8-9,15H2,1-2H3. The van der Waals surface area contributed by atoms with Gasteiger partial charge in [0, 0.05) is 37.2 Å². The van der Waals surface area contributed by atoms with Gasteiger partial charge in [-0.25, -0.2) is 14.8 Å². The number of fused-ring (bicyclic) bond motifs is 1. The van der Waals surface area contributed by atoms with E-state index >= 15 is 0 Å². The molecule has 0 N–H and O–H groups in total. The van der Waals surface area contributed by atoms with Gasteiger partial charge in [0.1, 0.15) is 17.4 Å². The van der Waals surface area contributed by atoms with E-state index in [4.69, 9.17) is 16.3 Å². The van der Waals surface area contributed by atoms with Crippen LogP contribution in [0.25, 0.3) is 11.3 Å². The maximum Gasteiger partial charge on any atom is 0.363 e. The van der Waals surface area contributed by atoms with Crippen LogP contribution < -0.4 is 9.64 Å².